The molecule has 0 unspecified atom stereocenters. The Morgan fingerprint density at radius 3 is 2.84 bits per heavy atom. The molecular weight excluding hydrogens is 256 g/mol. The molecule has 2 aromatic heterocycles. The molecule has 0 aliphatic rings. The van der Waals surface area contributed by atoms with Crippen molar-refractivity contribution in [2.45, 2.75) is 19.8 Å². The molecule has 0 fully saturated rings. The van der Waals surface area contributed by atoms with Crippen LogP contribution in [0.15, 0.2) is 23.8 Å². The summed E-state index contributed by atoms with van der Waals surface area (Å²) in [6, 6.07) is 4.28. The molecule has 0 atom stereocenters. The Morgan fingerprint density at radius 1 is 1.37 bits per heavy atom. The predicted octanol–water partition coefficient (Wildman–Crippen LogP) is 2.82. The number of anilines is 2. The van der Waals surface area contributed by atoms with Crippen LogP contribution in [0.1, 0.15) is 17.4 Å². The van der Waals surface area contributed by atoms with E-state index >= 15 is 0 Å². The van der Waals surface area contributed by atoms with Crippen molar-refractivity contribution < 1.29 is 0 Å². The standard InChI is InChI=1S/C14H20N4S/c1-4-12-13(15-2)16-10-17-14(12)18(3)8-7-11-6-5-9-19-11/h5-6,9-10H,4,7-8H2,1-3H3,(H,15,16,17). The van der Waals surface area contributed by atoms with Crippen LogP contribution in [-0.4, -0.2) is 30.6 Å². The van der Waals surface area contributed by atoms with Gasteiger partial charge in [-0.05, 0) is 24.3 Å². The molecule has 0 aromatic carbocycles. The molecule has 0 bridgehead atoms. The van der Waals surface area contributed by atoms with Gasteiger partial charge in [0.1, 0.15) is 18.0 Å². The maximum absolute atomic E-state index is 4.44. The second-order valence-electron chi connectivity index (χ2n) is 4.38. The first-order valence-electron chi connectivity index (χ1n) is 6.51. The van der Waals surface area contributed by atoms with E-state index in [0.717, 1.165) is 31.0 Å². The molecule has 19 heavy (non-hydrogen) atoms. The summed E-state index contributed by atoms with van der Waals surface area (Å²) in [7, 11) is 3.99. The zero-order chi connectivity index (χ0) is 13.7. The van der Waals surface area contributed by atoms with Crippen LogP contribution in [-0.2, 0) is 12.8 Å². The largest absolute Gasteiger partial charge is 0.373 e. The second kappa shape index (κ2) is 6.52. The first-order valence-corrected chi connectivity index (χ1v) is 7.39. The summed E-state index contributed by atoms with van der Waals surface area (Å²) in [5.41, 5.74) is 1.18. The zero-order valence-electron chi connectivity index (χ0n) is 11.7. The van der Waals surface area contributed by atoms with E-state index in [-0.39, 0.29) is 0 Å². The number of rotatable bonds is 6. The minimum absolute atomic E-state index is 0.926. The van der Waals surface area contributed by atoms with E-state index in [1.807, 2.05) is 7.05 Å². The fraction of sp³-hybridized carbons (Fsp3) is 0.429. The Bertz CT molecular complexity index is 510. The van der Waals surface area contributed by atoms with Crippen LogP contribution in [0.5, 0.6) is 0 Å². The van der Waals surface area contributed by atoms with E-state index in [1.165, 1.54) is 10.4 Å². The van der Waals surface area contributed by atoms with E-state index in [4.69, 9.17) is 0 Å². The Morgan fingerprint density at radius 2 is 2.21 bits per heavy atom. The number of thiophene rings is 1. The summed E-state index contributed by atoms with van der Waals surface area (Å²) >= 11 is 1.81. The number of nitrogens with one attached hydrogen (secondary N) is 1. The molecule has 0 aliphatic heterocycles. The quantitative estimate of drug-likeness (QED) is 0.881. The molecule has 5 heteroatoms. The zero-order valence-corrected chi connectivity index (χ0v) is 12.5. The number of hydrogen-bond acceptors (Lipinski definition) is 5. The molecule has 0 saturated carbocycles. The van der Waals surface area contributed by atoms with Gasteiger partial charge in [-0.15, -0.1) is 11.3 Å². The maximum atomic E-state index is 4.44. The predicted molar refractivity (Wildman–Crippen MR) is 82.2 cm³/mol. The van der Waals surface area contributed by atoms with Gasteiger partial charge in [-0.25, -0.2) is 9.97 Å². The SMILES string of the molecule is CCc1c(NC)ncnc1N(C)CCc1cccs1. The van der Waals surface area contributed by atoms with E-state index in [1.54, 1.807) is 17.7 Å². The molecule has 2 rings (SSSR count). The highest BCUT2D eigenvalue weighted by Gasteiger charge is 2.12. The summed E-state index contributed by atoms with van der Waals surface area (Å²) in [6.45, 7) is 3.10. The molecule has 0 amide bonds. The summed E-state index contributed by atoms with van der Waals surface area (Å²) in [4.78, 5) is 12.3. The lowest BCUT2D eigenvalue weighted by Gasteiger charge is -2.21. The van der Waals surface area contributed by atoms with Crippen LogP contribution in [0, 0.1) is 0 Å². The fourth-order valence-corrected chi connectivity index (χ4v) is 2.81. The van der Waals surface area contributed by atoms with Crippen LogP contribution >= 0.6 is 11.3 Å². The van der Waals surface area contributed by atoms with Crippen molar-refractivity contribution in [2.75, 3.05) is 30.9 Å². The topological polar surface area (TPSA) is 41.1 Å². The third-order valence-corrected chi connectivity index (χ3v) is 4.08. The highest BCUT2D eigenvalue weighted by Crippen LogP contribution is 2.23. The van der Waals surface area contributed by atoms with E-state index in [9.17, 15) is 0 Å². The lowest BCUT2D eigenvalue weighted by Crippen LogP contribution is -2.23. The minimum Gasteiger partial charge on any atom is -0.373 e. The second-order valence-corrected chi connectivity index (χ2v) is 5.41. The summed E-state index contributed by atoms with van der Waals surface area (Å²) in [5.74, 6) is 1.95. The van der Waals surface area contributed by atoms with Crippen molar-refractivity contribution in [3.63, 3.8) is 0 Å². The molecule has 4 nitrogen and oxygen atoms in total. The third kappa shape index (κ3) is 3.23. The molecule has 1 N–H and O–H groups in total. The van der Waals surface area contributed by atoms with Gasteiger partial charge in [-0.2, -0.15) is 0 Å². The van der Waals surface area contributed by atoms with E-state index < -0.39 is 0 Å². The van der Waals surface area contributed by atoms with Crippen molar-refractivity contribution in [1.82, 2.24) is 9.97 Å². The minimum atomic E-state index is 0.926. The van der Waals surface area contributed by atoms with Crippen molar-refractivity contribution in [2.24, 2.45) is 0 Å². The normalized spacial score (nSPS) is 10.5. The lowest BCUT2D eigenvalue weighted by atomic mass is 10.2. The Kier molecular flexibility index (Phi) is 4.74. The lowest BCUT2D eigenvalue weighted by molar-refractivity contribution is 0.850. The van der Waals surface area contributed by atoms with Crippen molar-refractivity contribution in [3.8, 4) is 0 Å². The van der Waals surface area contributed by atoms with Gasteiger partial charge in [0.2, 0.25) is 0 Å². The maximum Gasteiger partial charge on any atom is 0.137 e. The van der Waals surface area contributed by atoms with Gasteiger partial charge in [-0.3, -0.25) is 0 Å². The van der Waals surface area contributed by atoms with Crippen LogP contribution in [0.25, 0.3) is 0 Å². The summed E-state index contributed by atoms with van der Waals surface area (Å²) in [5, 5.41) is 5.26. The fourth-order valence-electron chi connectivity index (χ4n) is 2.11. The van der Waals surface area contributed by atoms with Crippen LogP contribution in [0.4, 0.5) is 11.6 Å². The van der Waals surface area contributed by atoms with Gasteiger partial charge in [0, 0.05) is 31.1 Å². The number of nitrogens with zero attached hydrogens (tertiary/aromatic N) is 3. The monoisotopic (exact) mass is 276 g/mol. The molecule has 2 aromatic rings. The molecule has 2 heterocycles. The number of aromatic nitrogens is 2. The summed E-state index contributed by atoms with van der Waals surface area (Å²) in [6.07, 6.45) is 3.61. The van der Waals surface area contributed by atoms with Gasteiger partial charge in [0.25, 0.3) is 0 Å². The first-order chi connectivity index (χ1) is 9.26. The Hall–Kier alpha value is -1.62. The molecule has 0 radical (unpaired) electrons. The molecular formula is C14H20N4S. The van der Waals surface area contributed by atoms with Gasteiger partial charge >= 0.3 is 0 Å². The van der Waals surface area contributed by atoms with Crippen LogP contribution in [0.2, 0.25) is 0 Å². The van der Waals surface area contributed by atoms with E-state index in [2.05, 4.69) is 51.7 Å². The van der Waals surface area contributed by atoms with Gasteiger partial charge in [0.05, 0.1) is 0 Å². The van der Waals surface area contributed by atoms with Crippen molar-refractivity contribution in [3.05, 3.63) is 34.3 Å². The highest BCUT2D eigenvalue weighted by atomic mass is 32.1. The molecule has 102 valence electrons. The van der Waals surface area contributed by atoms with Crippen molar-refractivity contribution in [1.29, 1.82) is 0 Å². The summed E-state index contributed by atoms with van der Waals surface area (Å²) < 4.78 is 0. The molecule has 0 aliphatic carbocycles. The highest BCUT2D eigenvalue weighted by molar-refractivity contribution is 7.09. The molecule has 0 spiro atoms. The Balaban J connectivity index is 2.11. The average Bonchev–Trinajstić information content (AvgIpc) is 2.97. The van der Waals surface area contributed by atoms with Crippen LogP contribution < -0.4 is 10.2 Å². The number of likely N-dealkylation sites (N-methyl/N-ethyl adjacent to an activating group) is 1. The Labute approximate surface area is 118 Å². The number of hydrogen-bond donors (Lipinski definition) is 1. The van der Waals surface area contributed by atoms with Gasteiger partial charge < -0.3 is 10.2 Å². The first kappa shape index (κ1) is 13.8. The van der Waals surface area contributed by atoms with Crippen LogP contribution in [0.3, 0.4) is 0 Å². The third-order valence-electron chi connectivity index (χ3n) is 3.15. The van der Waals surface area contributed by atoms with Crippen molar-refractivity contribution >= 4 is 23.0 Å². The average molecular weight is 276 g/mol. The smallest absolute Gasteiger partial charge is 0.137 e. The van der Waals surface area contributed by atoms with Gasteiger partial charge in [-0.1, -0.05) is 13.0 Å². The molecule has 0 saturated heterocycles. The van der Waals surface area contributed by atoms with Gasteiger partial charge in [0.15, 0.2) is 0 Å². The van der Waals surface area contributed by atoms with E-state index in [0.29, 0.717) is 0 Å².